The minimum Gasteiger partial charge on any atom is -0.454 e. The van der Waals surface area contributed by atoms with Crippen molar-refractivity contribution in [2.24, 2.45) is 0 Å². The van der Waals surface area contributed by atoms with Gasteiger partial charge in [-0.2, -0.15) is 0 Å². The Bertz CT molecular complexity index is 622. The molecule has 0 unspecified atom stereocenters. The summed E-state index contributed by atoms with van der Waals surface area (Å²) in [6, 6.07) is 5.38. The highest BCUT2D eigenvalue weighted by Crippen LogP contribution is 2.32. The van der Waals surface area contributed by atoms with Gasteiger partial charge in [-0.3, -0.25) is 4.79 Å². The summed E-state index contributed by atoms with van der Waals surface area (Å²) in [5.74, 6) is 1.33. The Labute approximate surface area is 148 Å². The van der Waals surface area contributed by atoms with Crippen molar-refractivity contribution in [3.63, 3.8) is 0 Å². The molecule has 1 saturated heterocycles. The van der Waals surface area contributed by atoms with E-state index in [0.717, 1.165) is 32.8 Å². The number of hydrogen-bond acceptors (Lipinski definition) is 4. The first-order valence-corrected chi connectivity index (χ1v) is 9.38. The summed E-state index contributed by atoms with van der Waals surface area (Å²) in [7, 11) is 0. The Balaban J connectivity index is 1.44. The molecule has 0 radical (unpaired) electrons. The summed E-state index contributed by atoms with van der Waals surface area (Å²) in [5.41, 5.74) is 0.792. The number of benzene rings is 1. The van der Waals surface area contributed by atoms with Gasteiger partial charge in [0.15, 0.2) is 11.5 Å². The minimum atomic E-state index is -0.0316. The molecule has 1 aromatic carbocycles. The van der Waals surface area contributed by atoms with E-state index in [4.69, 9.17) is 14.2 Å². The first kappa shape index (κ1) is 16.7. The van der Waals surface area contributed by atoms with Crippen molar-refractivity contribution in [3.8, 4) is 11.5 Å². The van der Waals surface area contributed by atoms with Crippen molar-refractivity contribution in [1.82, 2.24) is 5.32 Å². The maximum Gasteiger partial charge on any atom is 0.251 e. The van der Waals surface area contributed by atoms with Gasteiger partial charge in [-0.05, 0) is 31.0 Å². The quantitative estimate of drug-likeness (QED) is 0.844. The van der Waals surface area contributed by atoms with Crippen LogP contribution in [0.15, 0.2) is 18.2 Å². The van der Waals surface area contributed by atoms with Crippen LogP contribution in [0.4, 0.5) is 0 Å². The van der Waals surface area contributed by atoms with Crippen LogP contribution in [0.5, 0.6) is 11.5 Å². The zero-order chi connectivity index (χ0) is 17.1. The van der Waals surface area contributed by atoms with E-state index in [2.05, 4.69) is 5.32 Å². The molecule has 4 rings (SSSR count). The lowest BCUT2D eigenvalue weighted by Crippen LogP contribution is -3.23. The predicted molar refractivity (Wildman–Crippen MR) is 92.2 cm³/mol. The maximum absolute atomic E-state index is 12.7. The molecular weight excluding hydrogens is 320 g/mol. The second-order valence-corrected chi connectivity index (χ2v) is 7.31. The van der Waals surface area contributed by atoms with Crippen LogP contribution in [-0.2, 0) is 4.74 Å². The van der Waals surface area contributed by atoms with Gasteiger partial charge < -0.3 is 24.4 Å². The summed E-state index contributed by atoms with van der Waals surface area (Å²) in [5, 5.41) is 3.20. The van der Waals surface area contributed by atoms with Gasteiger partial charge in [0.05, 0.1) is 19.8 Å². The number of nitrogens with one attached hydrogen (secondary N) is 2. The van der Waals surface area contributed by atoms with E-state index in [1.165, 1.54) is 32.1 Å². The van der Waals surface area contributed by atoms with Gasteiger partial charge in [-0.15, -0.1) is 0 Å². The highest BCUT2D eigenvalue weighted by atomic mass is 16.7. The van der Waals surface area contributed by atoms with Crippen LogP contribution in [0.25, 0.3) is 0 Å². The summed E-state index contributed by atoms with van der Waals surface area (Å²) < 4.78 is 16.2. The van der Waals surface area contributed by atoms with Crippen molar-refractivity contribution < 1.29 is 23.9 Å². The summed E-state index contributed by atoms with van der Waals surface area (Å²) in [6.07, 6.45) is 6.18. The maximum atomic E-state index is 12.7. The number of carbonyl (C=O) groups excluding carboxylic acids is 1. The normalized spacial score (nSPS) is 22.6. The van der Waals surface area contributed by atoms with Crippen LogP contribution < -0.4 is 19.7 Å². The van der Waals surface area contributed by atoms with Gasteiger partial charge in [-0.1, -0.05) is 6.42 Å². The van der Waals surface area contributed by atoms with Gasteiger partial charge in [0, 0.05) is 18.4 Å². The number of carbonyl (C=O) groups is 1. The van der Waals surface area contributed by atoms with Gasteiger partial charge in [-0.25, -0.2) is 0 Å². The number of ether oxygens (including phenoxy) is 3. The Hall–Kier alpha value is -1.79. The van der Waals surface area contributed by atoms with Gasteiger partial charge in [0.2, 0.25) is 6.79 Å². The van der Waals surface area contributed by atoms with Crippen molar-refractivity contribution in [3.05, 3.63) is 23.8 Å². The van der Waals surface area contributed by atoms with Crippen molar-refractivity contribution in [2.75, 3.05) is 39.6 Å². The summed E-state index contributed by atoms with van der Waals surface area (Å²) in [6.45, 7) is 4.69. The second-order valence-electron chi connectivity index (χ2n) is 7.31. The molecule has 1 aliphatic carbocycles. The van der Waals surface area contributed by atoms with Gasteiger partial charge >= 0.3 is 0 Å². The third kappa shape index (κ3) is 3.46. The van der Waals surface area contributed by atoms with Crippen molar-refractivity contribution >= 4 is 5.91 Å². The van der Waals surface area contributed by atoms with E-state index in [9.17, 15) is 4.79 Å². The monoisotopic (exact) mass is 347 g/mol. The van der Waals surface area contributed by atoms with Crippen LogP contribution in [-0.4, -0.2) is 51.1 Å². The lowest BCUT2D eigenvalue weighted by molar-refractivity contribution is -0.960. The second kappa shape index (κ2) is 7.22. The molecular formula is C19H27N2O4+. The van der Waals surface area contributed by atoms with Gasteiger partial charge in [0.25, 0.3) is 5.91 Å². The molecule has 0 aromatic heterocycles. The van der Waals surface area contributed by atoms with Crippen LogP contribution in [0, 0.1) is 0 Å². The molecule has 2 N–H and O–H groups in total. The van der Waals surface area contributed by atoms with Crippen LogP contribution >= 0.6 is 0 Å². The van der Waals surface area contributed by atoms with Crippen LogP contribution in [0.3, 0.4) is 0 Å². The zero-order valence-corrected chi connectivity index (χ0v) is 14.6. The molecule has 3 aliphatic rings. The average molecular weight is 347 g/mol. The lowest BCUT2D eigenvalue weighted by Gasteiger charge is -2.45. The minimum absolute atomic E-state index is 0.0316. The molecule has 25 heavy (non-hydrogen) atoms. The molecule has 2 fully saturated rings. The van der Waals surface area contributed by atoms with E-state index in [-0.39, 0.29) is 18.2 Å². The Kier molecular flexibility index (Phi) is 4.81. The standard InChI is InChI=1S/C19H26N2O4/c22-18(15-4-5-16-17(12-15)25-14-24-16)20-13-19(6-2-1-3-7-19)21-8-10-23-11-9-21/h4-5,12H,1-3,6-11,13-14H2,(H,20,22)/p+1. The molecule has 1 saturated carbocycles. The fourth-order valence-corrected chi connectivity index (χ4v) is 4.42. The number of fused-ring (bicyclic) bond motifs is 1. The van der Waals surface area contributed by atoms with Crippen LogP contribution in [0.2, 0.25) is 0 Å². The van der Waals surface area contributed by atoms with E-state index in [1.54, 1.807) is 23.1 Å². The first-order chi connectivity index (χ1) is 12.3. The molecule has 136 valence electrons. The fraction of sp³-hybridized carbons (Fsp3) is 0.632. The largest absolute Gasteiger partial charge is 0.454 e. The Morgan fingerprint density at radius 3 is 2.64 bits per heavy atom. The molecule has 1 aromatic rings. The summed E-state index contributed by atoms with van der Waals surface area (Å²) in [4.78, 5) is 14.3. The molecule has 1 amide bonds. The van der Waals surface area contributed by atoms with E-state index in [1.807, 2.05) is 0 Å². The lowest BCUT2D eigenvalue weighted by atomic mass is 9.79. The third-order valence-corrected chi connectivity index (χ3v) is 5.88. The van der Waals surface area contributed by atoms with E-state index < -0.39 is 0 Å². The molecule has 2 aliphatic heterocycles. The molecule has 6 heteroatoms. The van der Waals surface area contributed by atoms with Crippen molar-refractivity contribution in [2.45, 2.75) is 37.6 Å². The average Bonchev–Trinajstić information content (AvgIpc) is 3.15. The molecule has 0 bridgehead atoms. The Morgan fingerprint density at radius 1 is 1.08 bits per heavy atom. The topological polar surface area (TPSA) is 61.2 Å². The highest BCUT2D eigenvalue weighted by molar-refractivity contribution is 5.95. The fourth-order valence-electron chi connectivity index (χ4n) is 4.42. The van der Waals surface area contributed by atoms with E-state index in [0.29, 0.717) is 17.1 Å². The van der Waals surface area contributed by atoms with Crippen molar-refractivity contribution in [1.29, 1.82) is 0 Å². The molecule has 6 nitrogen and oxygen atoms in total. The highest BCUT2D eigenvalue weighted by Gasteiger charge is 2.42. The number of hydrogen-bond donors (Lipinski definition) is 2. The molecule has 0 atom stereocenters. The molecule has 0 spiro atoms. The first-order valence-electron chi connectivity index (χ1n) is 9.38. The zero-order valence-electron chi connectivity index (χ0n) is 14.6. The van der Waals surface area contributed by atoms with E-state index >= 15 is 0 Å². The number of amides is 1. The predicted octanol–water partition coefficient (Wildman–Crippen LogP) is 0.763. The smallest absolute Gasteiger partial charge is 0.251 e. The Morgan fingerprint density at radius 2 is 1.84 bits per heavy atom. The van der Waals surface area contributed by atoms with Crippen LogP contribution in [0.1, 0.15) is 42.5 Å². The summed E-state index contributed by atoms with van der Waals surface area (Å²) >= 11 is 0. The number of rotatable bonds is 4. The SMILES string of the molecule is O=C(NCC1([NH+]2CCOCC2)CCCCC1)c1ccc2c(c1)OCO2. The third-order valence-electron chi connectivity index (χ3n) is 5.88. The molecule has 2 heterocycles. The number of quaternary nitrogens is 1. The number of morpholine rings is 1. The van der Waals surface area contributed by atoms with Gasteiger partial charge in [0.1, 0.15) is 18.6 Å².